The molecule has 0 atom stereocenters. The van der Waals surface area contributed by atoms with Crippen LogP contribution in [-0.4, -0.2) is 34.2 Å². The van der Waals surface area contributed by atoms with Crippen LogP contribution >= 0.6 is 12.4 Å². The van der Waals surface area contributed by atoms with Gasteiger partial charge in [0.15, 0.2) is 0 Å². The highest BCUT2D eigenvalue weighted by Gasteiger charge is 2.39. The maximum absolute atomic E-state index is 12.4. The van der Waals surface area contributed by atoms with E-state index in [-0.39, 0.29) is 30.8 Å². The van der Waals surface area contributed by atoms with Crippen LogP contribution in [0.4, 0.5) is 5.69 Å². The quantitative estimate of drug-likeness (QED) is 0.719. The fourth-order valence-electron chi connectivity index (χ4n) is 3.00. The van der Waals surface area contributed by atoms with Gasteiger partial charge in [0.25, 0.3) is 0 Å². The summed E-state index contributed by atoms with van der Waals surface area (Å²) >= 11 is 0. The number of aromatic nitrogens is 2. The van der Waals surface area contributed by atoms with Gasteiger partial charge in [0.1, 0.15) is 6.54 Å². The van der Waals surface area contributed by atoms with Gasteiger partial charge in [-0.3, -0.25) is 14.3 Å². The normalized spacial score (nSPS) is 19.0. The van der Waals surface area contributed by atoms with E-state index < -0.39 is 5.41 Å². The first-order chi connectivity index (χ1) is 10.6. The molecule has 0 unspecified atom stereocenters. The minimum atomic E-state index is -0.439. The summed E-state index contributed by atoms with van der Waals surface area (Å²) < 4.78 is 1.54. The van der Waals surface area contributed by atoms with Crippen LogP contribution in [-0.2, 0) is 16.1 Å². The summed E-state index contributed by atoms with van der Waals surface area (Å²) in [6.45, 7) is 0.547. The Morgan fingerprint density at radius 3 is 2.65 bits per heavy atom. The third-order valence-electron chi connectivity index (χ3n) is 4.57. The molecule has 0 bridgehead atoms. The maximum atomic E-state index is 12.4. The lowest BCUT2D eigenvalue weighted by Crippen LogP contribution is -2.40. The van der Waals surface area contributed by atoms with Crippen LogP contribution in [0, 0.1) is 5.41 Å². The standard InChI is InChI=1S/C15H23N5O2.ClH/c16-10-15(5-1-2-6-15)14(22)19-12-7-17-20(8-12)9-13(21)18-11-3-4-11;/h7-8,11H,1-6,9-10,16H2,(H,18,21)(H,19,22);1H. The molecule has 8 heteroatoms. The molecule has 2 aliphatic rings. The van der Waals surface area contributed by atoms with E-state index in [0.29, 0.717) is 18.3 Å². The van der Waals surface area contributed by atoms with E-state index in [2.05, 4.69) is 15.7 Å². The number of carbonyl (C=O) groups is 2. The van der Waals surface area contributed by atoms with Crippen molar-refractivity contribution in [2.45, 2.75) is 51.1 Å². The van der Waals surface area contributed by atoms with Crippen molar-refractivity contribution < 1.29 is 9.59 Å². The Labute approximate surface area is 141 Å². The van der Waals surface area contributed by atoms with Crippen LogP contribution < -0.4 is 16.4 Å². The Bertz CT molecular complexity index is 564. The molecule has 4 N–H and O–H groups in total. The van der Waals surface area contributed by atoms with Crippen molar-refractivity contribution in [1.29, 1.82) is 0 Å². The monoisotopic (exact) mass is 341 g/mol. The number of nitrogens with zero attached hydrogens (tertiary/aromatic N) is 2. The summed E-state index contributed by atoms with van der Waals surface area (Å²) in [6.07, 6.45) is 9.16. The average Bonchev–Trinajstić information content (AvgIpc) is 3.01. The first kappa shape index (κ1) is 17.7. The molecule has 0 aliphatic heterocycles. The zero-order valence-electron chi connectivity index (χ0n) is 13.1. The molecule has 1 aromatic heterocycles. The second-order valence-corrected chi connectivity index (χ2v) is 6.41. The van der Waals surface area contributed by atoms with Gasteiger partial charge in [-0.25, -0.2) is 0 Å². The Morgan fingerprint density at radius 2 is 2.04 bits per heavy atom. The lowest BCUT2D eigenvalue weighted by atomic mass is 9.85. The van der Waals surface area contributed by atoms with Crippen LogP contribution in [0.1, 0.15) is 38.5 Å². The molecular formula is C15H24ClN5O2. The second-order valence-electron chi connectivity index (χ2n) is 6.41. The molecule has 3 rings (SSSR count). The molecule has 0 aromatic carbocycles. The van der Waals surface area contributed by atoms with E-state index in [9.17, 15) is 9.59 Å². The van der Waals surface area contributed by atoms with Crippen molar-refractivity contribution in [3.8, 4) is 0 Å². The Kier molecular flexibility index (Phi) is 5.64. The van der Waals surface area contributed by atoms with E-state index in [1.165, 1.54) is 4.68 Å². The van der Waals surface area contributed by atoms with Gasteiger partial charge in [-0.2, -0.15) is 5.10 Å². The largest absolute Gasteiger partial charge is 0.352 e. The fraction of sp³-hybridized carbons (Fsp3) is 0.667. The summed E-state index contributed by atoms with van der Waals surface area (Å²) in [5, 5.41) is 9.92. The molecule has 23 heavy (non-hydrogen) atoms. The van der Waals surface area contributed by atoms with Crippen LogP contribution in [0.25, 0.3) is 0 Å². The van der Waals surface area contributed by atoms with Crippen molar-refractivity contribution in [1.82, 2.24) is 15.1 Å². The van der Waals surface area contributed by atoms with E-state index in [1.54, 1.807) is 12.4 Å². The molecule has 0 saturated heterocycles. The van der Waals surface area contributed by atoms with Crippen LogP contribution in [0.15, 0.2) is 12.4 Å². The predicted molar refractivity (Wildman–Crippen MR) is 89.2 cm³/mol. The Balaban J connectivity index is 0.00000192. The number of anilines is 1. The minimum Gasteiger partial charge on any atom is -0.352 e. The molecule has 2 aliphatic carbocycles. The number of amides is 2. The maximum Gasteiger partial charge on any atom is 0.241 e. The van der Waals surface area contributed by atoms with Gasteiger partial charge in [-0.15, -0.1) is 12.4 Å². The number of rotatable bonds is 6. The van der Waals surface area contributed by atoms with Gasteiger partial charge in [0, 0.05) is 18.8 Å². The molecule has 1 heterocycles. The van der Waals surface area contributed by atoms with E-state index in [1.807, 2.05) is 0 Å². The molecular weight excluding hydrogens is 318 g/mol. The second kappa shape index (κ2) is 7.31. The number of hydrogen-bond donors (Lipinski definition) is 3. The van der Waals surface area contributed by atoms with Gasteiger partial charge >= 0.3 is 0 Å². The molecule has 1 aromatic rings. The molecule has 0 spiro atoms. The number of carbonyl (C=O) groups excluding carboxylic acids is 2. The zero-order valence-corrected chi connectivity index (χ0v) is 13.9. The highest BCUT2D eigenvalue weighted by Crippen LogP contribution is 2.38. The van der Waals surface area contributed by atoms with E-state index >= 15 is 0 Å². The van der Waals surface area contributed by atoms with Crippen LogP contribution in [0.3, 0.4) is 0 Å². The van der Waals surface area contributed by atoms with Gasteiger partial charge in [-0.1, -0.05) is 12.8 Å². The molecule has 2 fully saturated rings. The van der Waals surface area contributed by atoms with Crippen LogP contribution in [0.2, 0.25) is 0 Å². The van der Waals surface area contributed by atoms with Crippen molar-refractivity contribution in [2.75, 3.05) is 11.9 Å². The van der Waals surface area contributed by atoms with Gasteiger partial charge in [0.05, 0.1) is 17.3 Å². The van der Waals surface area contributed by atoms with Crippen molar-refractivity contribution in [3.05, 3.63) is 12.4 Å². The van der Waals surface area contributed by atoms with Crippen molar-refractivity contribution in [2.24, 2.45) is 11.1 Å². The van der Waals surface area contributed by atoms with Gasteiger partial charge in [-0.05, 0) is 25.7 Å². The molecule has 0 radical (unpaired) electrons. The number of halogens is 1. The molecule has 7 nitrogen and oxygen atoms in total. The molecule has 128 valence electrons. The predicted octanol–water partition coefficient (Wildman–Crippen LogP) is 1.04. The first-order valence-corrected chi connectivity index (χ1v) is 7.95. The van der Waals surface area contributed by atoms with Gasteiger partial charge < -0.3 is 16.4 Å². The molecule has 2 saturated carbocycles. The Hall–Kier alpha value is -1.60. The topological polar surface area (TPSA) is 102 Å². The average molecular weight is 342 g/mol. The summed E-state index contributed by atoms with van der Waals surface area (Å²) in [5.74, 6) is -0.0767. The van der Waals surface area contributed by atoms with Gasteiger partial charge in [0.2, 0.25) is 11.8 Å². The summed E-state index contributed by atoms with van der Waals surface area (Å²) in [7, 11) is 0. The van der Waals surface area contributed by atoms with E-state index in [4.69, 9.17) is 5.73 Å². The van der Waals surface area contributed by atoms with E-state index in [0.717, 1.165) is 38.5 Å². The van der Waals surface area contributed by atoms with Crippen molar-refractivity contribution >= 4 is 29.9 Å². The fourth-order valence-corrected chi connectivity index (χ4v) is 3.00. The minimum absolute atomic E-state index is 0. The first-order valence-electron chi connectivity index (χ1n) is 7.95. The SMILES string of the molecule is Cl.NCC1(C(=O)Nc2cnn(CC(=O)NC3CC3)c2)CCCC1. The molecule has 2 amide bonds. The van der Waals surface area contributed by atoms with Crippen molar-refractivity contribution in [3.63, 3.8) is 0 Å². The third-order valence-corrected chi connectivity index (χ3v) is 4.57. The highest BCUT2D eigenvalue weighted by atomic mass is 35.5. The number of nitrogens with two attached hydrogens (primary N) is 1. The number of hydrogen-bond acceptors (Lipinski definition) is 4. The van der Waals surface area contributed by atoms with Crippen LogP contribution in [0.5, 0.6) is 0 Å². The smallest absolute Gasteiger partial charge is 0.241 e. The summed E-state index contributed by atoms with van der Waals surface area (Å²) in [5.41, 5.74) is 5.99. The summed E-state index contributed by atoms with van der Waals surface area (Å²) in [4.78, 5) is 24.2. The Morgan fingerprint density at radius 1 is 1.35 bits per heavy atom. The zero-order chi connectivity index (χ0) is 15.6. The lowest BCUT2D eigenvalue weighted by Gasteiger charge is -2.25. The number of nitrogens with one attached hydrogen (secondary N) is 2. The summed E-state index contributed by atoms with van der Waals surface area (Å²) in [6, 6.07) is 0.342. The lowest BCUT2D eigenvalue weighted by molar-refractivity contribution is -0.125. The highest BCUT2D eigenvalue weighted by molar-refractivity contribution is 5.95. The third kappa shape index (κ3) is 4.23.